The minimum Gasteiger partial charge on any atom is -0.497 e. The first-order valence-corrected chi connectivity index (χ1v) is 10.6. The van der Waals surface area contributed by atoms with E-state index >= 15 is 0 Å². The van der Waals surface area contributed by atoms with Gasteiger partial charge < -0.3 is 14.8 Å². The van der Waals surface area contributed by atoms with Crippen LogP contribution in [-0.2, 0) is 9.59 Å². The lowest BCUT2D eigenvalue weighted by molar-refractivity contribution is -0.140. The van der Waals surface area contributed by atoms with Crippen LogP contribution < -0.4 is 14.8 Å². The lowest BCUT2D eigenvalue weighted by atomic mass is 9.88. The predicted molar refractivity (Wildman–Crippen MR) is 117 cm³/mol. The van der Waals surface area contributed by atoms with Crippen LogP contribution in [0.4, 0.5) is 0 Å². The summed E-state index contributed by atoms with van der Waals surface area (Å²) in [5, 5.41) is 2.74. The Kier molecular flexibility index (Phi) is 5.44. The van der Waals surface area contributed by atoms with Crippen LogP contribution in [0.25, 0.3) is 5.69 Å². The Hall–Kier alpha value is -2.97. The standard InChI is InChI=1S/C22H20N2O4S2/c1-12-4-8-15(9-5-12)24-20-19(30-22(24)29)17(14-6-10-16(27-3)11-7-14)18(21(26)28-20)23-13(2)25/h4-11,17-18H,1-3H3,(H,23,25)/t17-,18+/m0/s1. The van der Waals surface area contributed by atoms with Crippen LogP contribution in [0, 0.1) is 10.9 Å². The second-order valence-corrected chi connectivity index (χ2v) is 8.73. The smallest absolute Gasteiger partial charge is 0.336 e. The molecule has 0 aliphatic carbocycles. The van der Waals surface area contributed by atoms with Gasteiger partial charge in [0.1, 0.15) is 11.8 Å². The number of aromatic nitrogens is 1. The fourth-order valence-corrected chi connectivity index (χ4v) is 5.09. The second kappa shape index (κ2) is 8.04. The SMILES string of the molecule is COc1ccc([C@@H]2c3sc(=S)n(-c4ccc(C)cc4)c3OC(=O)[C@@H]2NC(C)=O)cc1. The Morgan fingerprint density at radius 3 is 2.43 bits per heavy atom. The van der Waals surface area contributed by atoms with Gasteiger partial charge in [-0.05, 0) is 49.0 Å². The van der Waals surface area contributed by atoms with E-state index in [-0.39, 0.29) is 5.91 Å². The first-order chi connectivity index (χ1) is 14.4. The largest absolute Gasteiger partial charge is 0.497 e. The number of hydrogen-bond acceptors (Lipinski definition) is 6. The number of esters is 1. The molecule has 2 aromatic carbocycles. The van der Waals surface area contributed by atoms with Crippen LogP contribution >= 0.6 is 23.6 Å². The topological polar surface area (TPSA) is 69.6 Å². The molecule has 3 aromatic rings. The molecule has 1 N–H and O–H groups in total. The van der Waals surface area contributed by atoms with Gasteiger partial charge in [0.25, 0.3) is 0 Å². The van der Waals surface area contributed by atoms with Gasteiger partial charge in [-0.25, -0.2) is 4.79 Å². The number of nitrogens with zero attached hydrogens (tertiary/aromatic N) is 1. The highest BCUT2D eigenvalue weighted by Gasteiger charge is 2.42. The molecule has 2 atom stereocenters. The van der Waals surface area contributed by atoms with E-state index in [1.54, 1.807) is 11.7 Å². The summed E-state index contributed by atoms with van der Waals surface area (Å²) in [4.78, 5) is 25.5. The van der Waals surface area contributed by atoms with Gasteiger partial charge >= 0.3 is 5.97 Å². The fourth-order valence-electron chi connectivity index (χ4n) is 3.55. The van der Waals surface area contributed by atoms with Gasteiger partial charge in [-0.3, -0.25) is 9.36 Å². The van der Waals surface area contributed by atoms with Crippen LogP contribution in [0.5, 0.6) is 11.6 Å². The Balaban J connectivity index is 1.89. The molecule has 0 radical (unpaired) electrons. The van der Waals surface area contributed by atoms with Crippen molar-refractivity contribution in [1.82, 2.24) is 9.88 Å². The predicted octanol–water partition coefficient (Wildman–Crippen LogP) is 4.14. The van der Waals surface area contributed by atoms with Crippen LogP contribution in [0.3, 0.4) is 0 Å². The van der Waals surface area contributed by atoms with Gasteiger partial charge in [0.2, 0.25) is 11.8 Å². The van der Waals surface area contributed by atoms with Crippen molar-refractivity contribution < 1.29 is 19.1 Å². The van der Waals surface area contributed by atoms with Crippen LogP contribution in [-0.4, -0.2) is 29.6 Å². The third-order valence-corrected chi connectivity index (χ3v) is 6.42. The van der Waals surface area contributed by atoms with Crippen molar-refractivity contribution in [3.05, 3.63) is 68.5 Å². The number of ether oxygens (including phenoxy) is 2. The fraction of sp³-hybridized carbons (Fsp3) is 0.227. The zero-order valence-electron chi connectivity index (χ0n) is 16.7. The van der Waals surface area contributed by atoms with E-state index in [1.807, 2.05) is 55.5 Å². The molecule has 1 aliphatic rings. The summed E-state index contributed by atoms with van der Waals surface area (Å²) >= 11 is 7.01. The van der Waals surface area contributed by atoms with Crippen molar-refractivity contribution >= 4 is 35.4 Å². The van der Waals surface area contributed by atoms with Gasteiger partial charge in [0, 0.05) is 6.92 Å². The van der Waals surface area contributed by atoms with Crippen LogP contribution in [0.1, 0.15) is 28.8 Å². The number of carbonyl (C=O) groups is 2. The lowest BCUT2D eigenvalue weighted by Gasteiger charge is -2.30. The van der Waals surface area contributed by atoms with E-state index in [0.29, 0.717) is 15.6 Å². The highest BCUT2D eigenvalue weighted by molar-refractivity contribution is 7.73. The molecule has 0 spiro atoms. The quantitative estimate of drug-likeness (QED) is 0.488. The molecule has 8 heteroatoms. The Bertz CT molecular complexity index is 1160. The van der Waals surface area contributed by atoms with E-state index in [4.69, 9.17) is 21.7 Å². The molecule has 1 aromatic heterocycles. The summed E-state index contributed by atoms with van der Waals surface area (Å²) in [6.07, 6.45) is 0. The lowest BCUT2D eigenvalue weighted by Crippen LogP contribution is -2.48. The molecule has 0 saturated heterocycles. The molecular formula is C22H20N2O4S2. The van der Waals surface area contributed by atoms with Crippen molar-refractivity contribution in [1.29, 1.82) is 0 Å². The van der Waals surface area contributed by atoms with Gasteiger partial charge in [-0.15, -0.1) is 11.3 Å². The Labute approximate surface area is 183 Å². The van der Waals surface area contributed by atoms with E-state index < -0.39 is 17.9 Å². The van der Waals surface area contributed by atoms with Crippen molar-refractivity contribution in [2.75, 3.05) is 7.11 Å². The minimum absolute atomic E-state index is 0.305. The maximum absolute atomic E-state index is 12.9. The number of amides is 1. The number of fused-ring (bicyclic) bond motifs is 1. The highest BCUT2D eigenvalue weighted by atomic mass is 32.1. The van der Waals surface area contributed by atoms with E-state index in [0.717, 1.165) is 21.7 Å². The molecule has 4 rings (SSSR count). The number of methoxy groups -OCH3 is 1. The molecule has 0 fully saturated rings. The Morgan fingerprint density at radius 2 is 1.83 bits per heavy atom. The van der Waals surface area contributed by atoms with Gasteiger partial charge in [0.15, 0.2) is 3.95 Å². The Morgan fingerprint density at radius 1 is 1.17 bits per heavy atom. The molecule has 0 unspecified atom stereocenters. The van der Waals surface area contributed by atoms with Gasteiger partial charge in [-0.2, -0.15) is 0 Å². The van der Waals surface area contributed by atoms with E-state index in [9.17, 15) is 9.59 Å². The van der Waals surface area contributed by atoms with Crippen molar-refractivity contribution in [2.45, 2.75) is 25.8 Å². The van der Waals surface area contributed by atoms with Gasteiger partial charge in [-0.1, -0.05) is 29.8 Å². The maximum atomic E-state index is 12.9. The van der Waals surface area contributed by atoms with E-state index in [1.165, 1.54) is 18.3 Å². The molecule has 2 heterocycles. The highest BCUT2D eigenvalue weighted by Crippen LogP contribution is 2.44. The minimum atomic E-state index is -0.845. The van der Waals surface area contributed by atoms with Crippen molar-refractivity contribution in [2.24, 2.45) is 0 Å². The summed E-state index contributed by atoms with van der Waals surface area (Å²) in [7, 11) is 1.60. The normalized spacial score (nSPS) is 17.8. The summed E-state index contributed by atoms with van der Waals surface area (Å²) in [5.74, 6) is -0.137. The molecule has 1 amide bonds. The number of thiazole rings is 1. The zero-order valence-corrected chi connectivity index (χ0v) is 18.3. The average molecular weight is 441 g/mol. The molecule has 0 saturated carbocycles. The number of rotatable bonds is 4. The summed E-state index contributed by atoms with van der Waals surface area (Å²) in [5.41, 5.74) is 2.80. The monoisotopic (exact) mass is 440 g/mol. The van der Waals surface area contributed by atoms with Gasteiger partial charge in [0.05, 0.1) is 23.6 Å². The summed E-state index contributed by atoms with van der Waals surface area (Å²) < 4.78 is 13.3. The summed E-state index contributed by atoms with van der Waals surface area (Å²) in [6.45, 7) is 3.39. The molecule has 6 nitrogen and oxygen atoms in total. The third kappa shape index (κ3) is 3.64. The maximum Gasteiger partial charge on any atom is 0.336 e. The third-order valence-electron chi connectivity index (χ3n) is 4.99. The molecule has 30 heavy (non-hydrogen) atoms. The van der Waals surface area contributed by atoms with Crippen LogP contribution in [0.15, 0.2) is 48.5 Å². The number of carbonyl (C=O) groups excluding carboxylic acids is 2. The average Bonchev–Trinajstić information content (AvgIpc) is 3.04. The second-order valence-electron chi connectivity index (χ2n) is 7.06. The molecular weight excluding hydrogens is 420 g/mol. The van der Waals surface area contributed by atoms with Crippen molar-refractivity contribution in [3.63, 3.8) is 0 Å². The molecule has 154 valence electrons. The first kappa shape index (κ1) is 20.3. The van der Waals surface area contributed by atoms with Crippen LogP contribution in [0.2, 0.25) is 0 Å². The van der Waals surface area contributed by atoms with Crippen molar-refractivity contribution in [3.8, 4) is 17.3 Å². The number of aryl methyl sites for hydroxylation is 1. The number of nitrogens with one attached hydrogen (secondary N) is 1. The number of benzene rings is 2. The van der Waals surface area contributed by atoms with E-state index in [2.05, 4.69) is 5.32 Å². The molecule has 0 bridgehead atoms. The summed E-state index contributed by atoms with van der Waals surface area (Å²) in [6, 6.07) is 14.4. The molecule has 1 aliphatic heterocycles. The zero-order chi connectivity index (χ0) is 21.4. The number of hydrogen-bond donors (Lipinski definition) is 1. The first-order valence-electron chi connectivity index (χ1n) is 9.34.